The topological polar surface area (TPSA) is 35.0 Å². The molecule has 3 nitrogen and oxygen atoms in total. The van der Waals surface area contributed by atoms with Gasteiger partial charge in [0.1, 0.15) is 6.33 Å². The first-order valence-electron chi connectivity index (χ1n) is 6.58. The number of nitrogens with zero attached hydrogens (tertiary/aromatic N) is 2. The van der Waals surface area contributed by atoms with Crippen LogP contribution in [0.2, 0.25) is 5.02 Å². The van der Waals surface area contributed by atoms with Crippen LogP contribution in [0.4, 0.5) is 0 Å². The van der Waals surface area contributed by atoms with Gasteiger partial charge in [0.15, 0.2) is 0 Å². The van der Waals surface area contributed by atoms with Crippen LogP contribution in [0.3, 0.4) is 0 Å². The molecular formula is C16H19ClN2O. The van der Waals surface area contributed by atoms with Crippen molar-refractivity contribution in [1.82, 2.24) is 9.97 Å². The largest absolute Gasteiger partial charge is 0.368 e. The van der Waals surface area contributed by atoms with Crippen LogP contribution in [0.1, 0.15) is 38.0 Å². The lowest BCUT2D eigenvalue weighted by Gasteiger charge is -2.30. The minimum absolute atomic E-state index is 0.0306. The number of halogens is 1. The van der Waals surface area contributed by atoms with Gasteiger partial charge in [-0.2, -0.15) is 0 Å². The molecule has 1 atom stereocenters. The Balaban J connectivity index is 2.11. The molecule has 0 N–H and O–H groups in total. The van der Waals surface area contributed by atoms with Gasteiger partial charge in [0, 0.05) is 23.0 Å². The molecule has 2 aromatic rings. The lowest BCUT2D eigenvalue weighted by molar-refractivity contribution is -0.0308. The fourth-order valence-electron chi connectivity index (χ4n) is 2.05. The number of hydrogen-bond donors (Lipinski definition) is 0. The Kier molecular flexibility index (Phi) is 4.73. The zero-order valence-electron chi connectivity index (χ0n) is 12.0. The molecule has 0 amide bonds. The predicted octanol–water partition coefficient (Wildman–Crippen LogP) is 4.43. The van der Waals surface area contributed by atoms with E-state index in [9.17, 15) is 0 Å². The molecule has 0 radical (unpaired) electrons. The zero-order chi connectivity index (χ0) is 14.6. The number of ether oxygens (including phenoxy) is 1. The Labute approximate surface area is 125 Å². The molecule has 0 spiro atoms. The van der Waals surface area contributed by atoms with Crippen LogP contribution in [0.25, 0.3) is 0 Å². The SMILES string of the molecule is CC(C)(C)C(OCc1ccc(Cl)cc1)c1cncnc1. The molecule has 1 aromatic carbocycles. The van der Waals surface area contributed by atoms with Crippen LogP contribution in [0, 0.1) is 5.41 Å². The Morgan fingerprint density at radius 1 is 1.10 bits per heavy atom. The first-order chi connectivity index (χ1) is 9.47. The van der Waals surface area contributed by atoms with Gasteiger partial charge in [-0.05, 0) is 23.1 Å². The monoisotopic (exact) mass is 290 g/mol. The first-order valence-corrected chi connectivity index (χ1v) is 6.95. The van der Waals surface area contributed by atoms with Crippen LogP contribution in [0.15, 0.2) is 43.0 Å². The van der Waals surface area contributed by atoms with E-state index < -0.39 is 0 Å². The fourth-order valence-corrected chi connectivity index (χ4v) is 2.18. The summed E-state index contributed by atoms with van der Waals surface area (Å²) in [5.41, 5.74) is 2.06. The molecule has 0 aliphatic heterocycles. The van der Waals surface area contributed by atoms with E-state index in [2.05, 4.69) is 30.7 Å². The molecule has 0 fully saturated rings. The highest BCUT2D eigenvalue weighted by molar-refractivity contribution is 6.30. The van der Waals surface area contributed by atoms with Gasteiger partial charge in [0.25, 0.3) is 0 Å². The van der Waals surface area contributed by atoms with Crippen LogP contribution in [0.5, 0.6) is 0 Å². The molecule has 20 heavy (non-hydrogen) atoms. The van der Waals surface area contributed by atoms with Gasteiger partial charge < -0.3 is 4.74 Å². The normalized spacial score (nSPS) is 13.2. The standard InChI is InChI=1S/C16H19ClN2O/c1-16(2,3)15(13-8-18-11-19-9-13)20-10-12-4-6-14(17)7-5-12/h4-9,11,15H,10H2,1-3H3. The summed E-state index contributed by atoms with van der Waals surface area (Å²) in [5, 5.41) is 0.734. The molecule has 0 aliphatic rings. The van der Waals surface area contributed by atoms with Gasteiger partial charge in [-0.15, -0.1) is 0 Å². The summed E-state index contributed by atoms with van der Waals surface area (Å²) in [6, 6.07) is 7.70. The maximum atomic E-state index is 6.10. The molecule has 1 aromatic heterocycles. The first kappa shape index (κ1) is 14.9. The predicted molar refractivity (Wildman–Crippen MR) is 80.5 cm³/mol. The quantitative estimate of drug-likeness (QED) is 0.835. The van der Waals surface area contributed by atoms with Crippen molar-refractivity contribution in [3.63, 3.8) is 0 Å². The van der Waals surface area contributed by atoms with Gasteiger partial charge in [-0.25, -0.2) is 9.97 Å². The summed E-state index contributed by atoms with van der Waals surface area (Å²) in [6.07, 6.45) is 5.09. The van der Waals surface area contributed by atoms with Crippen molar-refractivity contribution in [3.05, 3.63) is 59.1 Å². The highest BCUT2D eigenvalue weighted by Gasteiger charge is 2.27. The van der Waals surface area contributed by atoms with Crippen LogP contribution in [-0.2, 0) is 11.3 Å². The average molecular weight is 291 g/mol. The van der Waals surface area contributed by atoms with Gasteiger partial charge in [0.2, 0.25) is 0 Å². The van der Waals surface area contributed by atoms with E-state index in [1.165, 1.54) is 6.33 Å². The van der Waals surface area contributed by atoms with E-state index in [0.717, 1.165) is 16.1 Å². The smallest absolute Gasteiger partial charge is 0.115 e. The average Bonchev–Trinajstić information content (AvgIpc) is 2.41. The van der Waals surface area contributed by atoms with Crippen LogP contribution in [-0.4, -0.2) is 9.97 Å². The summed E-state index contributed by atoms with van der Waals surface area (Å²) in [5.74, 6) is 0. The minimum Gasteiger partial charge on any atom is -0.368 e. The molecule has 0 saturated heterocycles. The summed E-state index contributed by atoms with van der Waals surface area (Å²) < 4.78 is 6.10. The zero-order valence-corrected chi connectivity index (χ0v) is 12.8. The van der Waals surface area contributed by atoms with E-state index in [0.29, 0.717) is 6.61 Å². The lowest BCUT2D eigenvalue weighted by Crippen LogP contribution is -2.21. The summed E-state index contributed by atoms with van der Waals surface area (Å²) >= 11 is 5.89. The second-order valence-electron chi connectivity index (χ2n) is 5.86. The van der Waals surface area contributed by atoms with Crippen LogP contribution < -0.4 is 0 Å². The molecule has 2 rings (SSSR count). The van der Waals surface area contributed by atoms with Crippen molar-refractivity contribution in [2.45, 2.75) is 33.5 Å². The number of benzene rings is 1. The second-order valence-corrected chi connectivity index (χ2v) is 6.29. The van der Waals surface area contributed by atoms with Crippen molar-refractivity contribution in [2.75, 3.05) is 0 Å². The third-order valence-corrected chi connectivity index (χ3v) is 3.25. The third kappa shape index (κ3) is 4.02. The number of rotatable bonds is 4. The second kappa shape index (κ2) is 6.33. The molecule has 0 aliphatic carbocycles. The van der Waals surface area contributed by atoms with Crippen molar-refractivity contribution in [2.24, 2.45) is 5.41 Å². The summed E-state index contributed by atoms with van der Waals surface area (Å²) in [4.78, 5) is 8.15. The maximum absolute atomic E-state index is 6.10. The van der Waals surface area contributed by atoms with E-state index in [1.54, 1.807) is 0 Å². The molecule has 106 valence electrons. The Hall–Kier alpha value is -1.45. The van der Waals surface area contributed by atoms with E-state index in [4.69, 9.17) is 16.3 Å². The van der Waals surface area contributed by atoms with Gasteiger partial charge in [0.05, 0.1) is 12.7 Å². The number of aromatic nitrogens is 2. The number of hydrogen-bond acceptors (Lipinski definition) is 3. The molecule has 1 unspecified atom stereocenters. The lowest BCUT2D eigenvalue weighted by atomic mass is 9.85. The van der Waals surface area contributed by atoms with Crippen molar-refractivity contribution >= 4 is 11.6 Å². The Morgan fingerprint density at radius 3 is 2.25 bits per heavy atom. The van der Waals surface area contributed by atoms with Gasteiger partial charge in [-0.3, -0.25) is 0 Å². The maximum Gasteiger partial charge on any atom is 0.115 e. The third-order valence-electron chi connectivity index (χ3n) is 3.00. The molecule has 1 heterocycles. The fraction of sp³-hybridized carbons (Fsp3) is 0.375. The van der Waals surface area contributed by atoms with E-state index >= 15 is 0 Å². The Bertz CT molecular complexity index is 535. The van der Waals surface area contributed by atoms with Gasteiger partial charge >= 0.3 is 0 Å². The molecule has 4 heteroatoms. The molecule has 0 bridgehead atoms. The summed E-state index contributed by atoms with van der Waals surface area (Å²) in [6.45, 7) is 6.97. The Morgan fingerprint density at radius 2 is 1.70 bits per heavy atom. The van der Waals surface area contributed by atoms with Crippen molar-refractivity contribution < 1.29 is 4.74 Å². The van der Waals surface area contributed by atoms with E-state index in [1.807, 2.05) is 36.7 Å². The van der Waals surface area contributed by atoms with Crippen molar-refractivity contribution in [3.8, 4) is 0 Å². The molecular weight excluding hydrogens is 272 g/mol. The highest BCUT2D eigenvalue weighted by Crippen LogP contribution is 2.36. The summed E-state index contributed by atoms with van der Waals surface area (Å²) in [7, 11) is 0. The van der Waals surface area contributed by atoms with E-state index in [-0.39, 0.29) is 11.5 Å². The minimum atomic E-state index is -0.0561. The van der Waals surface area contributed by atoms with Crippen molar-refractivity contribution in [1.29, 1.82) is 0 Å². The molecule has 0 saturated carbocycles. The van der Waals surface area contributed by atoms with Crippen LogP contribution >= 0.6 is 11.6 Å². The van der Waals surface area contributed by atoms with Gasteiger partial charge in [-0.1, -0.05) is 44.5 Å². The highest BCUT2D eigenvalue weighted by atomic mass is 35.5.